The zero-order valence-corrected chi connectivity index (χ0v) is 15.5. The maximum absolute atomic E-state index is 12.4. The van der Waals surface area contributed by atoms with E-state index in [1.807, 2.05) is 25.7 Å². The summed E-state index contributed by atoms with van der Waals surface area (Å²) in [4.78, 5) is 29.3. The van der Waals surface area contributed by atoms with Gasteiger partial charge in [0.15, 0.2) is 5.82 Å². The molecule has 0 saturated carbocycles. The molecule has 1 aromatic heterocycles. The topological polar surface area (TPSA) is 96.5 Å². The summed E-state index contributed by atoms with van der Waals surface area (Å²) in [6.07, 6.45) is 4.53. The number of carbonyl (C=O) groups is 2. The van der Waals surface area contributed by atoms with E-state index in [0.717, 1.165) is 19.4 Å². The van der Waals surface area contributed by atoms with E-state index in [-0.39, 0.29) is 17.7 Å². The molecule has 1 N–H and O–H groups in total. The van der Waals surface area contributed by atoms with Gasteiger partial charge in [-0.3, -0.25) is 9.59 Å². The molecule has 1 amide bonds. The molecular formula is C18H29N3O4. The monoisotopic (exact) mass is 351 g/mol. The minimum absolute atomic E-state index is 0.135. The first-order chi connectivity index (χ1) is 11.8. The normalized spacial score (nSPS) is 18.4. The third-order valence-corrected chi connectivity index (χ3v) is 4.56. The zero-order valence-electron chi connectivity index (χ0n) is 15.5. The average Bonchev–Trinajstić information content (AvgIpc) is 3.02. The fraction of sp³-hybridized carbons (Fsp3) is 0.778. The Labute approximate surface area is 148 Å². The number of likely N-dealkylation sites (tertiary alicyclic amines) is 1. The lowest BCUT2D eigenvalue weighted by molar-refractivity contribution is -0.137. The fourth-order valence-electron chi connectivity index (χ4n) is 3.06. The van der Waals surface area contributed by atoms with Crippen LogP contribution >= 0.6 is 0 Å². The summed E-state index contributed by atoms with van der Waals surface area (Å²) in [6.45, 7) is 7.55. The molecule has 25 heavy (non-hydrogen) atoms. The van der Waals surface area contributed by atoms with Crippen LogP contribution < -0.4 is 0 Å². The molecule has 1 saturated heterocycles. The van der Waals surface area contributed by atoms with Crippen LogP contribution in [0.5, 0.6) is 0 Å². The molecule has 1 unspecified atom stereocenters. The predicted molar refractivity (Wildman–Crippen MR) is 92.1 cm³/mol. The highest BCUT2D eigenvalue weighted by Gasteiger charge is 2.24. The number of piperidine rings is 1. The van der Waals surface area contributed by atoms with E-state index in [2.05, 4.69) is 10.1 Å². The van der Waals surface area contributed by atoms with Crippen molar-refractivity contribution in [1.82, 2.24) is 15.0 Å². The summed E-state index contributed by atoms with van der Waals surface area (Å²) in [5.41, 5.74) is -0.143. The predicted octanol–water partition coefficient (Wildman–Crippen LogP) is 2.79. The highest BCUT2D eigenvalue weighted by atomic mass is 16.5. The molecule has 0 aliphatic carbocycles. The van der Waals surface area contributed by atoms with E-state index < -0.39 is 5.97 Å². The SMILES string of the molecule is CC(C)(C)c1noc(CCCC(=O)N2CCCC(CCC(=O)O)C2)n1. The summed E-state index contributed by atoms with van der Waals surface area (Å²) in [7, 11) is 0. The van der Waals surface area contributed by atoms with Crippen molar-refractivity contribution in [3.63, 3.8) is 0 Å². The zero-order chi connectivity index (χ0) is 18.4. The molecule has 1 fully saturated rings. The maximum atomic E-state index is 12.4. The molecule has 7 heteroatoms. The second-order valence-corrected chi connectivity index (χ2v) is 7.90. The van der Waals surface area contributed by atoms with E-state index >= 15 is 0 Å². The lowest BCUT2D eigenvalue weighted by Gasteiger charge is -2.32. The number of carbonyl (C=O) groups excluding carboxylic acids is 1. The van der Waals surface area contributed by atoms with Gasteiger partial charge in [-0.2, -0.15) is 4.98 Å². The quantitative estimate of drug-likeness (QED) is 0.811. The molecule has 2 heterocycles. The van der Waals surface area contributed by atoms with Gasteiger partial charge in [-0.15, -0.1) is 0 Å². The molecule has 0 bridgehead atoms. The van der Waals surface area contributed by atoms with E-state index in [1.165, 1.54) is 0 Å². The lowest BCUT2D eigenvalue weighted by atomic mass is 9.93. The van der Waals surface area contributed by atoms with Crippen LogP contribution in [0, 0.1) is 5.92 Å². The summed E-state index contributed by atoms with van der Waals surface area (Å²) < 4.78 is 5.25. The standard InChI is InChI=1S/C18H29N3O4/c1-18(2,3)17-19-14(25-20-17)7-4-8-15(22)21-11-5-6-13(12-21)9-10-16(23)24/h13H,4-12H2,1-3H3,(H,23,24). The van der Waals surface area contributed by atoms with Crippen LogP contribution in [-0.4, -0.2) is 45.1 Å². The summed E-state index contributed by atoms with van der Waals surface area (Å²) in [6, 6.07) is 0. The molecule has 0 aromatic carbocycles. The Bertz CT molecular complexity index is 591. The number of hydrogen-bond donors (Lipinski definition) is 1. The molecule has 1 aromatic rings. The highest BCUT2D eigenvalue weighted by Crippen LogP contribution is 2.22. The molecule has 1 aliphatic rings. The number of carboxylic acids is 1. The van der Waals surface area contributed by atoms with Crippen molar-refractivity contribution < 1.29 is 19.2 Å². The van der Waals surface area contributed by atoms with E-state index in [4.69, 9.17) is 9.63 Å². The summed E-state index contributed by atoms with van der Waals surface area (Å²) >= 11 is 0. The van der Waals surface area contributed by atoms with Crippen LogP contribution in [0.3, 0.4) is 0 Å². The van der Waals surface area contributed by atoms with Crippen LogP contribution in [0.1, 0.15) is 71.0 Å². The van der Waals surface area contributed by atoms with Crippen LogP contribution in [0.25, 0.3) is 0 Å². The van der Waals surface area contributed by atoms with Crippen molar-refractivity contribution in [3.8, 4) is 0 Å². The molecule has 0 spiro atoms. The van der Waals surface area contributed by atoms with Gasteiger partial charge in [-0.05, 0) is 31.6 Å². The third-order valence-electron chi connectivity index (χ3n) is 4.56. The van der Waals surface area contributed by atoms with Gasteiger partial charge in [0.25, 0.3) is 0 Å². The fourth-order valence-corrected chi connectivity index (χ4v) is 3.06. The smallest absolute Gasteiger partial charge is 0.303 e. The van der Waals surface area contributed by atoms with Gasteiger partial charge in [-0.1, -0.05) is 25.9 Å². The van der Waals surface area contributed by atoms with Gasteiger partial charge in [0.1, 0.15) is 0 Å². The van der Waals surface area contributed by atoms with Crippen LogP contribution in [0.2, 0.25) is 0 Å². The number of aromatic nitrogens is 2. The van der Waals surface area contributed by atoms with Crippen molar-refractivity contribution in [2.45, 2.75) is 71.1 Å². The number of carboxylic acid groups (broad SMARTS) is 1. The number of rotatable bonds is 7. The number of amides is 1. The summed E-state index contributed by atoms with van der Waals surface area (Å²) in [5.74, 6) is 0.939. The van der Waals surface area contributed by atoms with Crippen molar-refractivity contribution in [2.24, 2.45) is 5.92 Å². The Morgan fingerprint density at radius 1 is 1.32 bits per heavy atom. The Kier molecular flexibility index (Phi) is 6.56. The Hall–Kier alpha value is -1.92. The van der Waals surface area contributed by atoms with E-state index in [9.17, 15) is 9.59 Å². The Morgan fingerprint density at radius 3 is 2.72 bits per heavy atom. The van der Waals surface area contributed by atoms with E-state index in [1.54, 1.807) is 0 Å². The molecule has 1 aliphatic heterocycles. The second-order valence-electron chi connectivity index (χ2n) is 7.90. The number of hydrogen-bond acceptors (Lipinski definition) is 5. The van der Waals surface area contributed by atoms with Gasteiger partial charge in [-0.25, -0.2) is 0 Å². The van der Waals surface area contributed by atoms with Crippen LogP contribution in [0.15, 0.2) is 4.52 Å². The van der Waals surface area contributed by atoms with Crippen molar-refractivity contribution in [2.75, 3.05) is 13.1 Å². The molecule has 7 nitrogen and oxygen atoms in total. The third kappa shape index (κ3) is 6.14. The van der Waals surface area contributed by atoms with Crippen molar-refractivity contribution >= 4 is 11.9 Å². The summed E-state index contributed by atoms with van der Waals surface area (Å²) in [5, 5.41) is 12.8. The van der Waals surface area contributed by atoms with Crippen molar-refractivity contribution in [3.05, 3.63) is 11.7 Å². The Balaban J connectivity index is 1.74. The minimum Gasteiger partial charge on any atom is -0.481 e. The van der Waals surface area contributed by atoms with Gasteiger partial charge in [0, 0.05) is 37.8 Å². The van der Waals surface area contributed by atoms with E-state index in [0.29, 0.717) is 49.9 Å². The van der Waals surface area contributed by atoms with Crippen LogP contribution in [0.4, 0.5) is 0 Å². The van der Waals surface area contributed by atoms with Gasteiger partial charge in [0.2, 0.25) is 11.8 Å². The number of aliphatic carboxylic acids is 1. The molecular weight excluding hydrogens is 322 g/mol. The number of aryl methyl sites for hydroxylation is 1. The first kappa shape index (κ1) is 19.4. The molecule has 0 radical (unpaired) electrons. The number of nitrogens with zero attached hydrogens (tertiary/aromatic N) is 3. The van der Waals surface area contributed by atoms with Crippen LogP contribution in [-0.2, 0) is 21.4 Å². The average molecular weight is 351 g/mol. The minimum atomic E-state index is -0.766. The van der Waals surface area contributed by atoms with Gasteiger partial charge >= 0.3 is 5.97 Å². The molecule has 140 valence electrons. The lowest BCUT2D eigenvalue weighted by Crippen LogP contribution is -2.40. The highest BCUT2D eigenvalue weighted by molar-refractivity contribution is 5.76. The first-order valence-corrected chi connectivity index (χ1v) is 9.08. The van der Waals surface area contributed by atoms with Crippen molar-refractivity contribution in [1.29, 1.82) is 0 Å². The Morgan fingerprint density at radius 2 is 2.08 bits per heavy atom. The molecule has 2 rings (SSSR count). The first-order valence-electron chi connectivity index (χ1n) is 9.08. The molecule has 1 atom stereocenters. The largest absolute Gasteiger partial charge is 0.481 e. The maximum Gasteiger partial charge on any atom is 0.303 e. The van der Waals surface area contributed by atoms with Gasteiger partial charge in [0.05, 0.1) is 0 Å². The van der Waals surface area contributed by atoms with Gasteiger partial charge < -0.3 is 14.5 Å². The second kappa shape index (κ2) is 8.45.